The zero-order valence-corrected chi connectivity index (χ0v) is 20.5. The zero-order chi connectivity index (χ0) is 25.4. The summed E-state index contributed by atoms with van der Waals surface area (Å²) in [6.45, 7) is 7.83. The lowest BCUT2D eigenvalue weighted by Gasteiger charge is -2.32. The first-order valence-corrected chi connectivity index (χ1v) is 12.0. The van der Waals surface area contributed by atoms with Crippen LogP contribution >= 0.6 is 0 Å². The van der Waals surface area contributed by atoms with Gasteiger partial charge >= 0.3 is 5.97 Å². The van der Waals surface area contributed by atoms with Crippen LogP contribution in [0.4, 0.5) is 0 Å². The second-order valence-corrected chi connectivity index (χ2v) is 9.42. The Morgan fingerprint density at radius 1 is 1.12 bits per heavy atom. The number of amides is 3. The Labute approximate surface area is 201 Å². The fourth-order valence-electron chi connectivity index (χ4n) is 4.03. The highest BCUT2D eigenvalue weighted by atomic mass is 16.4. The van der Waals surface area contributed by atoms with Crippen molar-refractivity contribution in [2.24, 2.45) is 17.6 Å². The minimum absolute atomic E-state index is 0.0874. The Bertz CT molecular complexity index is 860. The first-order valence-electron chi connectivity index (χ1n) is 12.0. The zero-order valence-electron chi connectivity index (χ0n) is 20.5. The van der Waals surface area contributed by atoms with E-state index >= 15 is 0 Å². The van der Waals surface area contributed by atoms with Gasteiger partial charge in [-0.05, 0) is 30.2 Å². The second kappa shape index (κ2) is 12.5. The maximum atomic E-state index is 13.5. The lowest BCUT2D eigenvalue weighted by Crippen LogP contribution is -2.59. The molecule has 0 aromatic heterocycles. The molecule has 1 aliphatic rings. The number of carboxylic acid groups (broad SMARTS) is 1. The van der Waals surface area contributed by atoms with Gasteiger partial charge in [-0.3, -0.25) is 14.4 Å². The van der Waals surface area contributed by atoms with Crippen molar-refractivity contribution >= 4 is 23.7 Å². The molecule has 2 rings (SSSR count). The predicted molar refractivity (Wildman–Crippen MR) is 129 cm³/mol. The van der Waals surface area contributed by atoms with Crippen molar-refractivity contribution in [2.45, 2.75) is 77.5 Å². The largest absolute Gasteiger partial charge is 0.480 e. The fraction of sp³-hybridized carbons (Fsp3) is 0.600. The van der Waals surface area contributed by atoms with E-state index in [-0.39, 0.29) is 24.2 Å². The number of aliphatic carboxylic acids is 1. The van der Waals surface area contributed by atoms with Crippen LogP contribution in [0.5, 0.6) is 0 Å². The van der Waals surface area contributed by atoms with Crippen molar-refractivity contribution in [3.63, 3.8) is 0 Å². The van der Waals surface area contributed by atoms with Crippen LogP contribution in [0.1, 0.15) is 52.5 Å². The van der Waals surface area contributed by atoms with E-state index in [1.54, 1.807) is 12.1 Å². The standard InChI is InChI=1S/C25H38N4O5/c1-5-16(4)21(28-23(31)20(26)15(2)3)24(32)29-13-9-12-19(29)22(30)27-18(25(33)34)14-17-10-7-6-8-11-17/h6-8,10-11,15-16,18-21H,5,9,12-14,26H2,1-4H3,(H,27,30)(H,28,31)(H,33,34). The summed E-state index contributed by atoms with van der Waals surface area (Å²) in [6, 6.07) is 5.60. The van der Waals surface area contributed by atoms with Gasteiger partial charge in [0.1, 0.15) is 18.1 Å². The SMILES string of the molecule is CCC(C)C(NC(=O)C(N)C(C)C)C(=O)N1CCCC1C(=O)NC(Cc1ccccc1)C(=O)O. The van der Waals surface area contributed by atoms with E-state index in [0.29, 0.717) is 25.8 Å². The van der Waals surface area contributed by atoms with Crippen LogP contribution in [0.25, 0.3) is 0 Å². The van der Waals surface area contributed by atoms with Crippen LogP contribution in [0.3, 0.4) is 0 Å². The van der Waals surface area contributed by atoms with E-state index in [1.807, 2.05) is 45.9 Å². The van der Waals surface area contributed by atoms with Gasteiger partial charge in [0.2, 0.25) is 17.7 Å². The Kier molecular flexibility index (Phi) is 10.0. The highest BCUT2D eigenvalue weighted by molar-refractivity contribution is 5.94. The molecule has 5 unspecified atom stereocenters. The minimum Gasteiger partial charge on any atom is -0.480 e. The molecule has 0 saturated carbocycles. The number of carbonyl (C=O) groups excluding carboxylic acids is 3. The number of hydrogen-bond donors (Lipinski definition) is 4. The van der Waals surface area contributed by atoms with Gasteiger partial charge in [-0.15, -0.1) is 0 Å². The van der Waals surface area contributed by atoms with Crippen LogP contribution in [0.2, 0.25) is 0 Å². The van der Waals surface area contributed by atoms with Gasteiger partial charge in [-0.25, -0.2) is 4.79 Å². The minimum atomic E-state index is -1.14. The maximum Gasteiger partial charge on any atom is 0.326 e. The van der Waals surface area contributed by atoms with Crippen molar-refractivity contribution < 1.29 is 24.3 Å². The van der Waals surface area contributed by atoms with Crippen LogP contribution in [-0.2, 0) is 25.6 Å². The third-order valence-corrected chi connectivity index (χ3v) is 6.53. The number of carboxylic acids is 1. The topological polar surface area (TPSA) is 142 Å². The van der Waals surface area contributed by atoms with E-state index in [4.69, 9.17) is 5.73 Å². The third-order valence-electron chi connectivity index (χ3n) is 6.53. The molecule has 1 fully saturated rings. The summed E-state index contributed by atoms with van der Waals surface area (Å²) >= 11 is 0. The van der Waals surface area contributed by atoms with Gasteiger partial charge in [0, 0.05) is 13.0 Å². The number of likely N-dealkylation sites (tertiary alicyclic amines) is 1. The van der Waals surface area contributed by atoms with Gasteiger partial charge < -0.3 is 26.4 Å². The van der Waals surface area contributed by atoms with Crippen molar-refractivity contribution in [3.8, 4) is 0 Å². The molecule has 34 heavy (non-hydrogen) atoms. The summed E-state index contributed by atoms with van der Waals surface area (Å²) in [5.41, 5.74) is 6.76. The number of nitrogens with one attached hydrogen (secondary N) is 2. The molecule has 1 saturated heterocycles. The molecule has 1 aromatic rings. The smallest absolute Gasteiger partial charge is 0.326 e. The van der Waals surface area contributed by atoms with E-state index < -0.39 is 42.0 Å². The van der Waals surface area contributed by atoms with Gasteiger partial charge in [-0.2, -0.15) is 0 Å². The Hall–Kier alpha value is -2.94. The molecule has 1 heterocycles. The van der Waals surface area contributed by atoms with Crippen molar-refractivity contribution in [1.29, 1.82) is 0 Å². The van der Waals surface area contributed by atoms with Crippen LogP contribution in [-0.4, -0.2) is 64.4 Å². The first-order chi connectivity index (χ1) is 16.1. The van der Waals surface area contributed by atoms with Crippen LogP contribution < -0.4 is 16.4 Å². The lowest BCUT2D eigenvalue weighted by molar-refractivity contribution is -0.145. The fourth-order valence-corrected chi connectivity index (χ4v) is 4.03. The molecular formula is C25H38N4O5. The molecule has 0 spiro atoms. The average Bonchev–Trinajstić information content (AvgIpc) is 3.31. The van der Waals surface area contributed by atoms with Gasteiger partial charge in [-0.1, -0.05) is 64.4 Å². The number of hydrogen-bond acceptors (Lipinski definition) is 5. The number of benzene rings is 1. The monoisotopic (exact) mass is 474 g/mol. The summed E-state index contributed by atoms with van der Waals surface area (Å²) in [5.74, 6) is -2.63. The molecule has 9 heteroatoms. The van der Waals surface area contributed by atoms with E-state index in [9.17, 15) is 24.3 Å². The summed E-state index contributed by atoms with van der Waals surface area (Å²) in [5, 5.41) is 15.0. The van der Waals surface area contributed by atoms with E-state index in [2.05, 4.69) is 10.6 Å². The molecule has 9 nitrogen and oxygen atoms in total. The van der Waals surface area contributed by atoms with Crippen molar-refractivity contribution in [3.05, 3.63) is 35.9 Å². The van der Waals surface area contributed by atoms with Crippen molar-refractivity contribution in [1.82, 2.24) is 15.5 Å². The van der Waals surface area contributed by atoms with E-state index in [0.717, 1.165) is 5.56 Å². The molecule has 5 atom stereocenters. The quantitative estimate of drug-likeness (QED) is 0.381. The van der Waals surface area contributed by atoms with Gasteiger partial charge in [0.05, 0.1) is 6.04 Å². The molecule has 1 aliphatic heterocycles. The highest BCUT2D eigenvalue weighted by Gasteiger charge is 2.40. The second-order valence-electron chi connectivity index (χ2n) is 9.42. The number of nitrogens with zero attached hydrogens (tertiary/aromatic N) is 1. The van der Waals surface area contributed by atoms with Crippen LogP contribution in [0, 0.1) is 11.8 Å². The van der Waals surface area contributed by atoms with Gasteiger partial charge in [0.15, 0.2) is 0 Å². The number of carbonyl (C=O) groups is 4. The first kappa shape index (κ1) is 27.3. The molecule has 188 valence electrons. The van der Waals surface area contributed by atoms with Crippen LogP contribution in [0.15, 0.2) is 30.3 Å². The van der Waals surface area contributed by atoms with Gasteiger partial charge in [0.25, 0.3) is 0 Å². The Morgan fingerprint density at radius 3 is 2.32 bits per heavy atom. The predicted octanol–water partition coefficient (Wildman–Crippen LogP) is 1.30. The maximum absolute atomic E-state index is 13.5. The van der Waals surface area contributed by atoms with E-state index in [1.165, 1.54) is 4.90 Å². The summed E-state index contributed by atoms with van der Waals surface area (Å²) < 4.78 is 0. The highest BCUT2D eigenvalue weighted by Crippen LogP contribution is 2.22. The molecule has 1 aromatic carbocycles. The molecule has 3 amide bonds. The number of nitrogens with two attached hydrogens (primary N) is 1. The summed E-state index contributed by atoms with van der Waals surface area (Å²) in [6.07, 6.45) is 1.84. The summed E-state index contributed by atoms with van der Waals surface area (Å²) in [7, 11) is 0. The molecule has 0 aliphatic carbocycles. The normalized spacial score (nSPS) is 19.2. The Morgan fingerprint density at radius 2 is 1.76 bits per heavy atom. The molecular weight excluding hydrogens is 436 g/mol. The molecule has 0 bridgehead atoms. The van der Waals surface area contributed by atoms with Crippen molar-refractivity contribution in [2.75, 3.05) is 6.54 Å². The Balaban J connectivity index is 2.15. The summed E-state index contributed by atoms with van der Waals surface area (Å²) in [4.78, 5) is 52.4. The average molecular weight is 475 g/mol. The number of rotatable bonds is 11. The lowest BCUT2D eigenvalue weighted by atomic mass is 9.96. The molecule has 0 radical (unpaired) electrons. The third kappa shape index (κ3) is 7.03. The molecule has 5 N–H and O–H groups in total.